The van der Waals surface area contributed by atoms with Gasteiger partial charge in [-0.05, 0) is 42.8 Å². The van der Waals surface area contributed by atoms with Gasteiger partial charge in [-0.15, -0.1) is 0 Å². The second-order valence-electron chi connectivity index (χ2n) is 4.99. The van der Waals surface area contributed by atoms with Crippen LogP contribution in [0.5, 0.6) is 11.5 Å². The van der Waals surface area contributed by atoms with Crippen molar-refractivity contribution in [3.63, 3.8) is 0 Å². The van der Waals surface area contributed by atoms with E-state index < -0.39 is 4.92 Å². The molecule has 0 aliphatic heterocycles. The number of rotatable bonds is 5. The molecule has 0 atom stereocenters. The van der Waals surface area contributed by atoms with Crippen LogP contribution in [0, 0.1) is 28.4 Å². The molecule has 0 unspecified atom stereocenters. The van der Waals surface area contributed by atoms with E-state index in [2.05, 4.69) is 6.07 Å². The van der Waals surface area contributed by atoms with Crippen LogP contribution in [0.2, 0.25) is 0 Å². The number of hydrogen-bond acceptors (Lipinski definition) is 5. The Kier molecular flexibility index (Phi) is 5.17. The highest BCUT2D eigenvalue weighted by molar-refractivity contribution is 5.91. The fourth-order valence-corrected chi connectivity index (χ4v) is 2.40. The van der Waals surface area contributed by atoms with E-state index in [0.29, 0.717) is 22.6 Å². The van der Waals surface area contributed by atoms with Gasteiger partial charge in [0.05, 0.1) is 30.8 Å². The highest BCUT2D eigenvalue weighted by atomic mass is 16.6. The molecule has 2 aromatic carbocycles. The van der Waals surface area contributed by atoms with Crippen LogP contribution in [0.15, 0.2) is 36.4 Å². The third-order valence-electron chi connectivity index (χ3n) is 3.62. The summed E-state index contributed by atoms with van der Waals surface area (Å²) < 4.78 is 10.7. The van der Waals surface area contributed by atoms with Crippen LogP contribution in [-0.4, -0.2) is 19.1 Å². The molecule has 0 amide bonds. The van der Waals surface area contributed by atoms with E-state index in [0.717, 1.165) is 11.1 Å². The van der Waals surface area contributed by atoms with Crippen LogP contribution in [0.25, 0.3) is 11.6 Å². The highest BCUT2D eigenvalue weighted by Gasteiger charge is 2.12. The average Bonchev–Trinajstić information content (AvgIpc) is 2.60. The minimum atomic E-state index is -0.477. The Labute approximate surface area is 139 Å². The molecule has 122 valence electrons. The largest absolute Gasteiger partial charge is 0.496 e. The van der Waals surface area contributed by atoms with E-state index in [1.165, 1.54) is 12.1 Å². The van der Waals surface area contributed by atoms with Gasteiger partial charge in [0.2, 0.25) is 0 Å². The maximum absolute atomic E-state index is 10.7. The number of ether oxygens (including phenoxy) is 2. The molecule has 0 saturated carbocycles. The van der Waals surface area contributed by atoms with E-state index in [4.69, 9.17) is 9.47 Å². The molecule has 0 bridgehead atoms. The number of allylic oxidation sites excluding steroid dienone is 1. The monoisotopic (exact) mass is 324 g/mol. The fraction of sp³-hybridized carbons (Fsp3) is 0.167. The normalized spacial score (nSPS) is 10.8. The lowest BCUT2D eigenvalue weighted by molar-refractivity contribution is -0.384. The van der Waals surface area contributed by atoms with E-state index in [1.54, 1.807) is 44.6 Å². The Balaban J connectivity index is 2.50. The molecular formula is C18H16N2O4. The number of methoxy groups -OCH3 is 2. The number of nitro benzene ring substituents is 1. The summed E-state index contributed by atoms with van der Waals surface area (Å²) in [4.78, 5) is 10.2. The summed E-state index contributed by atoms with van der Waals surface area (Å²) in [7, 11) is 3.13. The van der Waals surface area contributed by atoms with E-state index in [1.807, 2.05) is 6.92 Å². The van der Waals surface area contributed by atoms with Gasteiger partial charge in [-0.1, -0.05) is 0 Å². The predicted octanol–water partition coefficient (Wildman–Crippen LogP) is 3.98. The second kappa shape index (κ2) is 7.29. The number of hydrogen-bond donors (Lipinski definition) is 0. The first-order chi connectivity index (χ1) is 11.5. The van der Waals surface area contributed by atoms with Crippen LogP contribution in [0.4, 0.5) is 5.69 Å². The molecule has 0 aliphatic rings. The molecule has 0 heterocycles. The zero-order chi connectivity index (χ0) is 17.7. The molecule has 0 fully saturated rings. The summed E-state index contributed by atoms with van der Waals surface area (Å²) in [5, 5.41) is 20.2. The topological polar surface area (TPSA) is 85.4 Å². The lowest BCUT2D eigenvalue weighted by atomic mass is 10.0. The van der Waals surface area contributed by atoms with Gasteiger partial charge in [0.15, 0.2) is 0 Å². The highest BCUT2D eigenvalue weighted by Crippen LogP contribution is 2.33. The third kappa shape index (κ3) is 3.36. The van der Waals surface area contributed by atoms with E-state index in [-0.39, 0.29) is 5.69 Å². The molecule has 0 saturated heterocycles. The summed E-state index contributed by atoms with van der Waals surface area (Å²) in [5.74, 6) is 1.31. The molecule has 6 nitrogen and oxygen atoms in total. The predicted molar refractivity (Wildman–Crippen MR) is 90.9 cm³/mol. The van der Waals surface area contributed by atoms with Gasteiger partial charge in [-0.2, -0.15) is 5.26 Å². The van der Waals surface area contributed by atoms with Crippen molar-refractivity contribution in [1.82, 2.24) is 0 Å². The number of benzene rings is 2. The van der Waals surface area contributed by atoms with Gasteiger partial charge < -0.3 is 9.47 Å². The number of non-ortho nitro benzene ring substituents is 1. The summed E-state index contributed by atoms with van der Waals surface area (Å²) in [6.45, 7) is 1.87. The Morgan fingerprint density at radius 3 is 2.33 bits per heavy atom. The van der Waals surface area contributed by atoms with Crippen molar-refractivity contribution in [2.75, 3.05) is 14.2 Å². The van der Waals surface area contributed by atoms with Gasteiger partial charge in [0, 0.05) is 23.3 Å². The minimum Gasteiger partial charge on any atom is -0.496 e. The first-order valence-electron chi connectivity index (χ1n) is 7.10. The van der Waals surface area contributed by atoms with E-state index in [9.17, 15) is 15.4 Å². The summed E-state index contributed by atoms with van der Waals surface area (Å²) >= 11 is 0. The number of nitrogens with zero attached hydrogens (tertiary/aromatic N) is 2. The molecule has 2 rings (SSSR count). The molecule has 6 heteroatoms. The van der Waals surface area contributed by atoms with Crippen molar-refractivity contribution in [2.45, 2.75) is 6.92 Å². The Hall–Kier alpha value is -3.33. The zero-order valence-corrected chi connectivity index (χ0v) is 13.6. The molecule has 24 heavy (non-hydrogen) atoms. The number of nitro groups is 1. The molecular weight excluding hydrogens is 308 g/mol. The molecule has 0 aliphatic carbocycles. The smallest absolute Gasteiger partial charge is 0.269 e. The quantitative estimate of drug-likeness (QED) is 0.359. The van der Waals surface area contributed by atoms with Gasteiger partial charge in [-0.3, -0.25) is 10.1 Å². The fourth-order valence-electron chi connectivity index (χ4n) is 2.40. The second-order valence-corrected chi connectivity index (χ2v) is 4.99. The van der Waals surface area contributed by atoms with Gasteiger partial charge in [0.25, 0.3) is 5.69 Å². The number of nitriles is 1. The summed E-state index contributed by atoms with van der Waals surface area (Å²) in [6, 6.07) is 11.6. The van der Waals surface area contributed by atoms with E-state index >= 15 is 0 Å². The Bertz CT molecular complexity index is 833. The van der Waals surface area contributed by atoms with Crippen molar-refractivity contribution in [2.24, 2.45) is 0 Å². The van der Waals surface area contributed by atoms with Crippen LogP contribution < -0.4 is 9.47 Å². The molecule has 0 aromatic heterocycles. The van der Waals surface area contributed by atoms with Crippen molar-refractivity contribution < 1.29 is 14.4 Å². The van der Waals surface area contributed by atoms with Gasteiger partial charge in [-0.25, -0.2) is 0 Å². The average molecular weight is 324 g/mol. The zero-order valence-electron chi connectivity index (χ0n) is 13.6. The first-order valence-corrected chi connectivity index (χ1v) is 7.10. The van der Waals surface area contributed by atoms with Crippen molar-refractivity contribution in [3.8, 4) is 17.6 Å². The van der Waals surface area contributed by atoms with Crippen molar-refractivity contribution in [3.05, 3.63) is 63.2 Å². The molecule has 0 N–H and O–H groups in total. The standard InChI is InChI=1S/C18H16N2O4/c1-12-17(23-2)9-6-14(18(12)24-3)10-15(11-19)13-4-7-16(8-5-13)20(21)22/h4-10H,1-3H3/b15-10-. The molecule has 2 aromatic rings. The SMILES string of the molecule is COc1ccc(/C=C(/C#N)c2ccc([N+](=O)[O-])cc2)c(OC)c1C. The maximum Gasteiger partial charge on any atom is 0.269 e. The summed E-state index contributed by atoms with van der Waals surface area (Å²) in [6.07, 6.45) is 1.69. The van der Waals surface area contributed by atoms with Crippen LogP contribution in [0.3, 0.4) is 0 Å². The summed E-state index contributed by atoms with van der Waals surface area (Å²) in [5.41, 5.74) is 2.51. The van der Waals surface area contributed by atoms with Gasteiger partial charge >= 0.3 is 0 Å². The van der Waals surface area contributed by atoms with Crippen molar-refractivity contribution in [1.29, 1.82) is 5.26 Å². The minimum absolute atomic E-state index is 0.0195. The lowest BCUT2D eigenvalue weighted by Gasteiger charge is -2.12. The molecule has 0 radical (unpaired) electrons. The Morgan fingerprint density at radius 1 is 1.17 bits per heavy atom. The van der Waals surface area contributed by atoms with Crippen LogP contribution in [0.1, 0.15) is 16.7 Å². The van der Waals surface area contributed by atoms with Crippen molar-refractivity contribution >= 4 is 17.3 Å². The maximum atomic E-state index is 10.7. The van der Waals surface area contributed by atoms with Gasteiger partial charge in [0.1, 0.15) is 11.5 Å². The molecule has 0 spiro atoms. The third-order valence-corrected chi connectivity index (χ3v) is 3.62. The first kappa shape index (κ1) is 17.0. The van der Waals surface area contributed by atoms with Crippen LogP contribution >= 0.6 is 0 Å². The van der Waals surface area contributed by atoms with Crippen LogP contribution in [-0.2, 0) is 0 Å². The lowest BCUT2D eigenvalue weighted by Crippen LogP contribution is -1.95. The Morgan fingerprint density at radius 2 is 1.83 bits per heavy atom.